The van der Waals surface area contributed by atoms with Crippen LogP contribution in [0.25, 0.3) is 10.9 Å². The number of aliphatic carboxylic acids is 1. The number of nitrogens with one attached hydrogen (secondary N) is 1. The summed E-state index contributed by atoms with van der Waals surface area (Å²) in [5.74, 6) is -1.35. The van der Waals surface area contributed by atoms with Gasteiger partial charge in [-0.1, -0.05) is 48.5 Å². The molecule has 0 aliphatic rings. The Balaban J connectivity index is 1.94. The number of rotatable bonds is 6. The maximum absolute atomic E-state index is 12.5. The molecule has 1 heterocycles. The number of carboxylic acid groups (broad SMARTS) is 1. The molecule has 6 nitrogen and oxygen atoms in total. The van der Waals surface area contributed by atoms with E-state index in [0.717, 1.165) is 10.9 Å². The zero-order valence-electron chi connectivity index (χ0n) is 13.5. The van der Waals surface area contributed by atoms with Crippen LogP contribution >= 0.6 is 7.60 Å². The Morgan fingerprint density at radius 1 is 1.16 bits per heavy atom. The number of para-hydroxylation sites is 1. The van der Waals surface area contributed by atoms with Gasteiger partial charge in [0.1, 0.15) is 0 Å². The molecule has 2 unspecified atom stereocenters. The van der Waals surface area contributed by atoms with Crippen molar-refractivity contribution in [1.82, 2.24) is 4.98 Å². The number of aromatic nitrogens is 1. The Morgan fingerprint density at radius 2 is 1.80 bits per heavy atom. The van der Waals surface area contributed by atoms with Gasteiger partial charge < -0.3 is 15.0 Å². The van der Waals surface area contributed by atoms with Gasteiger partial charge in [0.2, 0.25) is 5.60 Å². The molecule has 3 aromatic rings. The summed E-state index contributed by atoms with van der Waals surface area (Å²) < 4.78 is 17.8. The van der Waals surface area contributed by atoms with Crippen LogP contribution in [0.15, 0.2) is 60.7 Å². The summed E-state index contributed by atoms with van der Waals surface area (Å²) in [6.07, 6.45) is -0.267. The molecule has 0 saturated heterocycles. The van der Waals surface area contributed by atoms with E-state index in [1.165, 1.54) is 6.92 Å². The average molecular weight is 359 g/mol. The van der Waals surface area contributed by atoms with E-state index >= 15 is 0 Å². The van der Waals surface area contributed by atoms with Crippen molar-refractivity contribution in [2.24, 2.45) is 0 Å². The second-order valence-electron chi connectivity index (χ2n) is 5.98. The van der Waals surface area contributed by atoms with E-state index in [4.69, 9.17) is 4.52 Å². The van der Waals surface area contributed by atoms with Crippen molar-refractivity contribution in [3.8, 4) is 0 Å². The van der Waals surface area contributed by atoms with Crippen LogP contribution in [-0.2, 0) is 25.6 Å². The van der Waals surface area contributed by atoms with Crippen LogP contribution in [0, 0.1) is 0 Å². The normalized spacial score (nSPS) is 16.2. The summed E-state index contributed by atoms with van der Waals surface area (Å²) in [6, 6.07) is 17.5. The molecule has 3 rings (SSSR count). The number of carbonyl (C=O) groups is 1. The average Bonchev–Trinajstić information content (AvgIpc) is 2.99. The van der Waals surface area contributed by atoms with Crippen LogP contribution in [0.1, 0.15) is 18.2 Å². The number of aromatic amines is 1. The quantitative estimate of drug-likeness (QED) is 0.580. The van der Waals surface area contributed by atoms with E-state index in [-0.39, 0.29) is 11.9 Å². The Morgan fingerprint density at radius 3 is 2.44 bits per heavy atom. The Labute approximate surface area is 144 Å². The highest BCUT2D eigenvalue weighted by molar-refractivity contribution is 7.52. The number of hydrogen-bond donors (Lipinski definition) is 3. The molecule has 1 aromatic heterocycles. The fourth-order valence-corrected chi connectivity index (χ4v) is 4.15. The lowest BCUT2D eigenvalue weighted by Crippen LogP contribution is -2.35. The summed E-state index contributed by atoms with van der Waals surface area (Å²) in [7, 11) is -4.20. The molecule has 3 N–H and O–H groups in total. The van der Waals surface area contributed by atoms with Crippen LogP contribution in [-0.4, -0.2) is 21.0 Å². The van der Waals surface area contributed by atoms with E-state index in [2.05, 4.69) is 4.98 Å². The predicted octanol–water partition coefficient (Wildman–Crippen LogP) is 3.87. The smallest absolute Gasteiger partial charge is 0.342 e. The van der Waals surface area contributed by atoms with Gasteiger partial charge in [0.25, 0.3) is 0 Å². The molecule has 25 heavy (non-hydrogen) atoms. The van der Waals surface area contributed by atoms with Gasteiger partial charge in [-0.2, -0.15) is 0 Å². The van der Waals surface area contributed by atoms with Gasteiger partial charge in [-0.05, 0) is 30.0 Å². The summed E-state index contributed by atoms with van der Waals surface area (Å²) >= 11 is 0. The monoisotopic (exact) mass is 359 g/mol. The molecule has 0 aliphatic heterocycles. The van der Waals surface area contributed by atoms with Gasteiger partial charge in [-0.25, -0.2) is 4.79 Å². The van der Waals surface area contributed by atoms with E-state index in [0.29, 0.717) is 5.56 Å². The molecule has 0 fully saturated rings. The lowest BCUT2D eigenvalue weighted by atomic mass is 10.0. The standard InChI is InChI=1S/C18H18NO5P/c1-18(17(20)21,16-11-14-9-5-6-10-15(14)19-16)24-25(22,23)12-13-7-3-2-4-8-13/h2-11,19H,12H2,1H3,(H,20,21)(H,22,23). The van der Waals surface area contributed by atoms with Gasteiger partial charge in [0.15, 0.2) is 0 Å². The van der Waals surface area contributed by atoms with Gasteiger partial charge in [-0.15, -0.1) is 0 Å². The van der Waals surface area contributed by atoms with Gasteiger partial charge >= 0.3 is 13.6 Å². The first kappa shape index (κ1) is 17.4. The molecule has 0 saturated carbocycles. The zero-order valence-corrected chi connectivity index (χ0v) is 14.4. The highest BCUT2D eigenvalue weighted by atomic mass is 31.2. The van der Waals surface area contributed by atoms with Crippen molar-refractivity contribution in [2.45, 2.75) is 18.7 Å². The van der Waals surface area contributed by atoms with Crippen molar-refractivity contribution in [2.75, 3.05) is 0 Å². The van der Waals surface area contributed by atoms with Crippen molar-refractivity contribution >= 4 is 24.5 Å². The predicted molar refractivity (Wildman–Crippen MR) is 94.3 cm³/mol. The van der Waals surface area contributed by atoms with Crippen molar-refractivity contribution in [1.29, 1.82) is 0 Å². The maximum Gasteiger partial charge on any atom is 0.342 e. The van der Waals surface area contributed by atoms with Crippen molar-refractivity contribution in [3.05, 3.63) is 71.9 Å². The first-order valence-electron chi connectivity index (χ1n) is 7.68. The number of hydrogen-bond acceptors (Lipinski definition) is 3. The first-order chi connectivity index (χ1) is 11.8. The lowest BCUT2D eigenvalue weighted by molar-refractivity contribution is -0.155. The van der Waals surface area contributed by atoms with E-state index in [9.17, 15) is 19.4 Å². The Bertz CT molecular complexity index is 919. The fourth-order valence-electron chi connectivity index (χ4n) is 2.67. The molecule has 2 atom stereocenters. The highest BCUT2D eigenvalue weighted by Gasteiger charge is 2.44. The van der Waals surface area contributed by atoms with Crippen LogP contribution in [0.4, 0.5) is 0 Å². The summed E-state index contributed by atoms with van der Waals surface area (Å²) in [6.45, 7) is 1.27. The second kappa shape index (κ2) is 6.48. The molecular formula is C18H18NO5P. The minimum Gasteiger partial charge on any atom is -0.479 e. The molecule has 2 aromatic carbocycles. The largest absolute Gasteiger partial charge is 0.479 e. The van der Waals surface area contributed by atoms with Gasteiger partial charge in [0, 0.05) is 5.52 Å². The molecule has 130 valence electrons. The lowest BCUT2D eigenvalue weighted by Gasteiger charge is -2.27. The Kier molecular flexibility index (Phi) is 4.52. The molecule has 7 heteroatoms. The van der Waals surface area contributed by atoms with Crippen molar-refractivity contribution in [3.63, 3.8) is 0 Å². The molecule has 0 bridgehead atoms. The fraction of sp³-hybridized carbons (Fsp3) is 0.167. The van der Waals surface area contributed by atoms with Crippen LogP contribution in [0.3, 0.4) is 0 Å². The van der Waals surface area contributed by atoms with Crippen LogP contribution in [0.5, 0.6) is 0 Å². The Hall–Kier alpha value is -2.40. The third-order valence-electron chi connectivity index (χ3n) is 4.00. The van der Waals surface area contributed by atoms with E-state index < -0.39 is 19.2 Å². The molecule has 0 amide bonds. The van der Waals surface area contributed by atoms with Crippen LogP contribution in [0.2, 0.25) is 0 Å². The van der Waals surface area contributed by atoms with E-state index in [1.54, 1.807) is 42.5 Å². The third-order valence-corrected chi connectivity index (χ3v) is 5.42. The molecule has 0 spiro atoms. The van der Waals surface area contributed by atoms with Crippen molar-refractivity contribution < 1.29 is 23.9 Å². The van der Waals surface area contributed by atoms with Crippen LogP contribution < -0.4 is 0 Å². The summed E-state index contributed by atoms with van der Waals surface area (Å²) in [5, 5.41) is 10.5. The number of benzene rings is 2. The molecule has 0 radical (unpaired) electrons. The topological polar surface area (TPSA) is 99.6 Å². The first-order valence-corrected chi connectivity index (χ1v) is 9.44. The van der Waals surface area contributed by atoms with E-state index in [1.807, 2.05) is 18.2 Å². The maximum atomic E-state index is 12.5. The zero-order chi connectivity index (χ0) is 18.1. The number of fused-ring (bicyclic) bond motifs is 1. The highest BCUT2D eigenvalue weighted by Crippen LogP contribution is 2.52. The number of carboxylic acids is 1. The minimum atomic E-state index is -4.20. The summed E-state index contributed by atoms with van der Waals surface area (Å²) in [5.41, 5.74) is -0.441. The summed E-state index contributed by atoms with van der Waals surface area (Å²) in [4.78, 5) is 25.1. The number of H-pyrrole nitrogens is 1. The SMILES string of the molecule is CC(OP(=O)(O)Cc1ccccc1)(C(=O)O)c1cc2ccccc2[nH]1. The molecule has 0 aliphatic carbocycles. The minimum absolute atomic E-state index is 0.212. The third kappa shape index (κ3) is 3.66. The second-order valence-corrected chi connectivity index (χ2v) is 7.75. The molecular weight excluding hydrogens is 341 g/mol. The van der Waals surface area contributed by atoms with Gasteiger partial charge in [0.05, 0.1) is 11.9 Å². The van der Waals surface area contributed by atoms with Gasteiger partial charge in [-0.3, -0.25) is 9.09 Å².